The number of carbonyl (C=O) groups excluding carboxylic acids is 2. The molecule has 1 fully saturated rings. The van der Waals surface area contributed by atoms with Gasteiger partial charge >= 0.3 is 0 Å². The average Bonchev–Trinajstić information content (AvgIpc) is 3.07. The number of ether oxygens (including phenoxy) is 1. The van der Waals surface area contributed by atoms with Gasteiger partial charge in [0.2, 0.25) is 5.91 Å². The number of hydrogen-bond acceptors (Lipinski definition) is 5. The molecule has 6 nitrogen and oxygen atoms in total. The van der Waals surface area contributed by atoms with Crippen molar-refractivity contribution in [3.05, 3.63) is 24.2 Å². The van der Waals surface area contributed by atoms with E-state index in [2.05, 4.69) is 5.32 Å². The first-order chi connectivity index (χ1) is 9.75. The van der Waals surface area contributed by atoms with Crippen LogP contribution in [0.25, 0.3) is 0 Å². The maximum absolute atomic E-state index is 11.6. The van der Waals surface area contributed by atoms with Gasteiger partial charge in [0.15, 0.2) is 0 Å². The molecule has 1 saturated heterocycles. The van der Waals surface area contributed by atoms with Gasteiger partial charge in [-0.05, 0) is 18.6 Å². The molecule has 20 heavy (non-hydrogen) atoms. The number of rotatable bonds is 8. The third kappa shape index (κ3) is 4.90. The van der Waals surface area contributed by atoms with E-state index >= 15 is 0 Å². The number of nitrogens with zero attached hydrogens (tertiary/aromatic N) is 1. The first-order valence-corrected chi connectivity index (χ1v) is 7.53. The zero-order valence-corrected chi connectivity index (χ0v) is 12.0. The summed E-state index contributed by atoms with van der Waals surface area (Å²) in [6.45, 7) is 2.36. The minimum atomic E-state index is -0.119. The summed E-state index contributed by atoms with van der Waals surface area (Å²) < 4.78 is 10.5. The summed E-state index contributed by atoms with van der Waals surface area (Å²) >= 11 is 1.26. The highest BCUT2D eigenvalue weighted by Gasteiger charge is 2.22. The lowest BCUT2D eigenvalue weighted by molar-refractivity contribution is -0.121. The van der Waals surface area contributed by atoms with Gasteiger partial charge in [-0.2, -0.15) is 0 Å². The summed E-state index contributed by atoms with van der Waals surface area (Å²) in [6, 6.07) is 3.67. The maximum atomic E-state index is 11.6. The van der Waals surface area contributed by atoms with E-state index in [0.29, 0.717) is 26.3 Å². The van der Waals surface area contributed by atoms with Gasteiger partial charge < -0.3 is 19.4 Å². The predicted octanol–water partition coefficient (Wildman–Crippen LogP) is 1.47. The Kier molecular flexibility index (Phi) is 5.94. The molecule has 1 N–H and O–H groups in total. The Hall–Kier alpha value is -1.47. The molecule has 0 aromatic carbocycles. The van der Waals surface area contributed by atoms with Crippen LogP contribution in [-0.2, 0) is 16.1 Å². The van der Waals surface area contributed by atoms with Gasteiger partial charge in [0, 0.05) is 25.4 Å². The van der Waals surface area contributed by atoms with Crippen LogP contribution in [0.15, 0.2) is 22.8 Å². The number of carbonyl (C=O) groups is 2. The number of nitrogens with one attached hydrogen (secondary N) is 1. The van der Waals surface area contributed by atoms with Crippen molar-refractivity contribution in [1.82, 2.24) is 10.2 Å². The number of amides is 2. The van der Waals surface area contributed by atoms with Crippen LogP contribution in [0.4, 0.5) is 4.79 Å². The molecule has 2 rings (SSSR count). The Morgan fingerprint density at radius 3 is 3.15 bits per heavy atom. The van der Waals surface area contributed by atoms with Crippen LogP contribution >= 0.6 is 11.8 Å². The van der Waals surface area contributed by atoms with Gasteiger partial charge in [-0.25, -0.2) is 0 Å². The molecule has 1 aromatic heterocycles. The topological polar surface area (TPSA) is 71.8 Å². The van der Waals surface area contributed by atoms with Crippen molar-refractivity contribution in [2.24, 2.45) is 0 Å². The fourth-order valence-corrected chi connectivity index (χ4v) is 2.59. The number of furan rings is 1. The van der Waals surface area contributed by atoms with Crippen molar-refractivity contribution in [1.29, 1.82) is 0 Å². The van der Waals surface area contributed by atoms with Crippen molar-refractivity contribution >= 4 is 22.9 Å². The van der Waals surface area contributed by atoms with Gasteiger partial charge in [0.1, 0.15) is 18.9 Å². The number of thioether (sulfide) groups is 1. The molecule has 110 valence electrons. The molecule has 0 saturated carbocycles. The lowest BCUT2D eigenvalue weighted by atomic mass is 10.4. The van der Waals surface area contributed by atoms with Crippen LogP contribution in [0.1, 0.15) is 12.2 Å². The fourth-order valence-electron chi connectivity index (χ4n) is 1.77. The fraction of sp³-hybridized carbons (Fsp3) is 0.538. The lowest BCUT2D eigenvalue weighted by Gasteiger charge is -2.13. The second-order valence-corrected chi connectivity index (χ2v) is 5.42. The molecule has 0 aliphatic carbocycles. The minimum Gasteiger partial charge on any atom is -0.467 e. The highest BCUT2D eigenvalue weighted by Crippen LogP contribution is 2.16. The molecule has 0 radical (unpaired) electrons. The summed E-state index contributed by atoms with van der Waals surface area (Å²) in [4.78, 5) is 24.5. The first kappa shape index (κ1) is 14.9. The van der Waals surface area contributed by atoms with Crippen molar-refractivity contribution in [2.75, 3.05) is 32.0 Å². The van der Waals surface area contributed by atoms with Gasteiger partial charge in [-0.3, -0.25) is 9.59 Å². The van der Waals surface area contributed by atoms with E-state index in [1.807, 2.05) is 12.1 Å². The van der Waals surface area contributed by atoms with E-state index in [9.17, 15) is 9.59 Å². The lowest BCUT2D eigenvalue weighted by Crippen LogP contribution is -2.37. The second-order valence-electron chi connectivity index (χ2n) is 4.37. The monoisotopic (exact) mass is 298 g/mol. The molecule has 0 spiro atoms. The molecule has 1 aliphatic heterocycles. The minimum absolute atomic E-state index is 0.0121. The van der Waals surface area contributed by atoms with Crippen LogP contribution in [-0.4, -0.2) is 48.0 Å². The van der Waals surface area contributed by atoms with Crippen LogP contribution in [0.5, 0.6) is 0 Å². The van der Waals surface area contributed by atoms with Crippen LogP contribution < -0.4 is 5.32 Å². The summed E-state index contributed by atoms with van der Waals surface area (Å²) in [7, 11) is 0. The number of hydrogen-bond donors (Lipinski definition) is 1. The normalized spacial score (nSPS) is 14.8. The molecule has 1 aliphatic rings. The van der Waals surface area contributed by atoms with Crippen LogP contribution in [0.2, 0.25) is 0 Å². The highest BCUT2D eigenvalue weighted by atomic mass is 32.2. The Morgan fingerprint density at radius 1 is 1.55 bits per heavy atom. The van der Waals surface area contributed by atoms with Crippen molar-refractivity contribution in [2.45, 2.75) is 13.0 Å². The SMILES string of the molecule is O=C(CN1CCSC1=O)NCCCOCc1ccco1. The molecule has 0 atom stereocenters. The van der Waals surface area contributed by atoms with Gasteiger partial charge in [-0.1, -0.05) is 11.8 Å². The molecular weight excluding hydrogens is 280 g/mol. The molecule has 1 aromatic rings. The van der Waals surface area contributed by atoms with Gasteiger partial charge in [-0.15, -0.1) is 0 Å². The zero-order chi connectivity index (χ0) is 14.2. The Morgan fingerprint density at radius 2 is 2.45 bits per heavy atom. The first-order valence-electron chi connectivity index (χ1n) is 6.54. The van der Waals surface area contributed by atoms with E-state index < -0.39 is 0 Å². The van der Waals surface area contributed by atoms with Crippen LogP contribution in [0, 0.1) is 0 Å². The van der Waals surface area contributed by atoms with Crippen molar-refractivity contribution in [3.8, 4) is 0 Å². The van der Waals surface area contributed by atoms with E-state index in [1.54, 1.807) is 11.2 Å². The predicted molar refractivity (Wildman–Crippen MR) is 75.4 cm³/mol. The Bertz CT molecular complexity index is 436. The van der Waals surface area contributed by atoms with Gasteiger partial charge in [0.25, 0.3) is 5.24 Å². The molecule has 0 unspecified atom stereocenters. The standard InChI is InChI=1S/C13H18N2O4S/c16-12(9-15-5-8-20-13(15)17)14-4-2-6-18-10-11-3-1-7-19-11/h1,3,7H,2,4-6,8-10H2,(H,14,16). The van der Waals surface area contributed by atoms with Crippen LogP contribution in [0.3, 0.4) is 0 Å². The average molecular weight is 298 g/mol. The second kappa shape index (κ2) is 7.96. The molecule has 2 amide bonds. The Labute approximate surface area is 121 Å². The zero-order valence-electron chi connectivity index (χ0n) is 11.2. The van der Waals surface area contributed by atoms with E-state index in [0.717, 1.165) is 17.9 Å². The van der Waals surface area contributed by atoms with Crippen molar-refractivity contribution in [3.63, 3.8) is 0 Å². The van der Waals surface area contributed by atoms with E-state index in [-0.39, 0.29) is 17.7 Å². The smallest absolute Gasteiger partial charge is 0.282 e. The summed E-state index contributed by atoms with van der Waals surface area (Å²) in [5.41, 5.74) is 0. The third-order valence-corrected chi connectivity index (χ3v) is 3.68. The largest absolute Gasteiger partial charge is 0.467 e. The summed E-state index contributed by atoms with van der Waals surface area (Å²) in [6.07, 6.45) is 2.34. The summed E-state index contributed by atoms with van der Waals surface area (Å²) in [5.74, 6) is 1.44. The quantitative estimate of drug-likeness (QED) is 0.736. The Balaban J connectivity index is 1.48. The van der Waals surface area contributed by atoms with Gasteiger partial charge in [0.05, 0.1) is 6.26 Å². The molecule has 7 heteroatoms. The third-order valence-electron chi connectivity index (χ3n) is 2.79. The van der Waals surface area contributed by atoms with E-state index in [4.69, 9.17) is 9.15 Å². The molecule has 2 heterocycles. The maximum Gasteiger partial charge on any atom is 0.282 e. The van der Waals surface area contributed by atoms with E-state index in [1.165, 1.54) is 11.8 Å². The molecular formula is C13H18N2O4S. The van der Waals surface area contributed by atoms with Crippen molar-refractivity contribution < 1.29 is 18.7 Å². The summed E-state index contributed by atoms with van der Waals surface area (Å²) in [5, 5.41) is 2.77. The highest BCUT2D eigenvalue weighted by molar-refractivity contribution is 8.13. The molecule has 0 bridgehead atoms.